The second-order valence-corrected chi connectivity index (χ2v) is 5.61. The van der Waals surface area contributed by atoms with Crippen molar-refractivity contribution in [2.75, 3.05) is 32.2 Å². The Hall–Kier alpha value is -2.90. The molecule has 2 rings (SSSR count). The molecule has 1 aromatic carbocycles. The van der Waals surface area contributed by atoms with Gasteiger partial charge < -0.3 is 19.7 Å². The van der Waals surface area contributed by atoms with Crippen LogP contribution in [0.5, 0.6) is 0 Å². The lowest BCUT2D eigenvalue weighted by Gasteiger charge is -2.22. The number of methoxy groups -OCH3 is 1. The first-order valence-corrected chi connectivity index (χ1v) is 7.81. The Kier molecular flexibility index (Phi) is 6.10. The molecule has 1 fully saturated rings. The van der Waals surface area contributed by atoms with E-state index in [4.69, 9.17) is 9.47 Å². The van der Waals surface area contributed by atoms with Crippen molar-refractivity contribution in [3.8, 4) is 0 Å². The van der Waals surface area contributed by atoms with Gasteiger partial charge in [-0.2, -0.15) is 0 Å². The van der Waals surface area contributed by atoms with Crippen LogP contribution in [-0.2, 0) is 23.9 Å². The van der Waals surface area contributed by atoms with Gasteiger partial charge in [0.15, 0.2) is 6.61 Å². The SMILES string of the molecule is COC(=O)c1ccccc1N(C)C(=O)COC(=O)[C@@H]1CCC(=O)NC1. The Bertz CT molecular complexity index is 677. The molecule has 134 valence electrons. The summed E-state index contributed by atoms with van der Waals surface area (Å²) in [6.07, 6.45) is 0.667. The Labute approximate surface area is 145 Å². The first-order valence-electron chi connectivity index (χ1n) is 7.81. The minimum absolute atomic E-state index is 0.0979. The van der Waals surface area contributed by atoms with Crippen molar-refractivity contribution >= 4 is 29.4 Å². The van der Waals surface area contributed by atoms with Crippen molar-refractivity contribution in [2.24, 2.45) is 5.92 Å². The molecule has 0 aliphatic carbocycles. The number of hydrogen-bond acceptors (Lipinski definition) is 6. The minimum Gasteiger partial charge on any atom is -0.465 e. The molecule has 8 nitrogen and oxygen atoms in total. The maximum Gasteiger partial charge on any atom is 0.339 e. The lowest BCUT2D eigenvalue weighted by molar-refractivity contribution is -0.153. The third-order valence-electron chi connectivity index (χ3n) is 3.98. The Morgan fingerprint density at radius 2 is 2.00 bits per heavy atom. The summed E-state index contributed by atoms with van der Waals surface area (Å²) in [4.78, 5) is 48.4. The fraction of sp³-hybridized carbons (Fsp3) is 0.412. The van der Waals surface area contributed by atoms with Gasteiger partial charge in [-0.05, 0) is 18.6 Å². The van der Waals surface area contributed by atoms with E-state index in [1.54, 1.807) is 24.3 Å². The first kappa shape index (κ1) is 18.4. The van der Waals surface area contributed by atoms with E-state index in [-0.39, 0.29) is 24.4 Å². The van der Waals surface area contributed by atoms with Gasteiger partial charge in [-0.15, -0.1) is 0 Å². The smallest absolute Gasteiger partial charge is 0.339 e. The van der Waals surface area contributed by atoms with Crippen LogP contribution < -0.4 is 10.2 Å². The highest BCUT2D eigenvalue weighted by molar-refractivity contribution is 6.03. The van der Waals surface area contributed by atoms with Gasteiger partial charge in [-0.1, -0.05) is 12.1 Å². The zero-order chi connectivity index (χ0) is 18.4. The van der Waals surface area contributed by atoms with Crippen LogP contribution in [0.1, 0.15) is 23.2 Å². The van der Waals surface area contributed by atoms with Crippen molar-refractivity contribution in [2.45, 2.75) is 12.8 Å². The van der Waals surface area contributed by atoms with E-state index in [2.05, 4.69) is 5.32 Å². The summed E-state index contributed by atoms with van der Waals surface area (Å²) in [5.74, 6) is -2.12. The lowest BCUT2D eigenvalue weighted by atomic mass is 10.00. The molecule has 8 heteroatoms. The summed E-state index contributed by atoms with van der Waals surface area (Å²) >= 11 is 0. The van der Waals surface area contributed by atoms with E-state index in [0.717, 1.165) is 0 Å². The summed E-state index contributed by atoms with van der Waals surface area (Å²) in [5.41, 5.74) is 0.600. The molecule has 1 heterocycles. The molecule has 1 aliphatic heterocycles. The van der Waals surface area contributed by atoms with Crippen LogP contribution >= 0.6 is 0 Å². The molecule has 1 N–H and O–H groups in total. The zero-order valence-corrected chi connectivity index (χ0v) is 14.1. The van der Waals surface area contributed by atoms with Crippen LogP contribution in [0.2, 0.25) is 0 Å². The average molecular weight is 348 g/mol. The highest BCUT2D eigenvalue weighted by Crippen LogP contribution is 2.20. The van der Waals surface area contributed by atoms with Crippen molar-refractivity contribution in [1.29, 1.82) is 0 Å². The van der Waals surface area contributed by atoms with Gasteiger partial charge in [-0.25, -0.2) is 4.79 Å². The molecule has 1 atom stereocenters. The van der Waals surface area contributed by atoms with Gasteiger partial charge >= 0.3 is 11.9 Å². The maximum atomic E-state index is 12.3. The van der Waals surface area contributed by atoms with Crippen LogP contribution in [0.25, 0.3) is 0 Å². The molecule has 0 radical (unpaired) electrons. The number of anilines is 1. The number of piperidine rings is 1. The molecular formula is C17H20N2O6. The number of hydrogen-bond donors (Lipinski definition) is 1. The zero-order valence-electron chi connectivity index (χ0n) is 14.1. The number of carbonyl (C=O) groups is 4. The van der Waals surface area contributed by atoms with E-state index in [9.17, 15) is 19.2 Å². The summed E-state index contributed by atoms with van der Waals surface area (Å²) < 4.78 is 9.75. The molecule has 25 heavy (non-hydrogen) atoms. The summed E-state index contributed by atoms with van der Waals surface area (Å²) in [6, 6.07) is 6.48. The van der Waals surface area contributed by atoms with E-state index in [1.165, 1.54) is 19.1 Å². The van der Waals surface area contributed by atoms with Crippen molar-refractivity contribution in [1.82, 2.24) is 5.32 Å². The number of carbonyl (C=O) groups excluding carboxylic acids is 4. The Morgan fingerprint density at radius 3 is 2.64 bits per heavy atom. The molecule has 0 unspecified atom stereocenters. The van der Waals surface area contributed by atoms with Crippen LogP contribution in [0.4, 0.5) is 5.69 Å². The van der Waals surface area contributed by atoms with Crippen molar-refractivity contribution < 1.29 is 28.7 Å². The number of benzene rings is 1. The summed E-state index contributed by atoms with van der Waals surface area (Å²) in [6.45, 7) is -0.234. The maximum absolute atomic E-state index is 12.3. The summed E-state index contributed by atoms with van der Waals surface area (Å²) in [7, 11) is 2.74. The van der Waals surface area contributed by atoms with Crippen LogP contribution in [0.3, 0.4) is 0 Å². The van der Waals surface area contributed by atoms with Crippen molar-refractivity contribution in [3.63, 3.8) is 0 Å². The van der Waals surface area contributed by atoms with Crippen LogP contribution in [0.15, 0.2) is 24.3 Å². The largest absolute Gasteiger partial charge is 0.465 e. The number of ether oxygens (including phenoxy) is 2. The van der Waals surface area contributed by atoms with Crippen LogP contribution in [0, 0.1) is 5.92 Å². The molecule has 0 bridgehead atoms. The minimum atomic E-state index is -0.565. The second kappa shape index (κ2) is 8.27. The second-order valence-electron chi connectivity index (χ2n) is 5.61. The molecule has 0 saturated carbocycles. The molecule has 1 aliphatic rings. The standard InChI is InChI=1S/C17H20N2O6/c1-19(13-6-4-3-5-12(13)17(23)24-2)15(21)10-25-16(22)11-7-8-14(20)18-9-11/h3-6,11H,7-10H2,1-2H3,(H,18,20)/t11-/m1/s1. The fourth-order valence-electron chi connectivity index (χ4n) is 2.46. The number of esters is 2. The van der Waals surface area contributed by atoms with E-state index in [0.29, 0.717) is 12.1 Å². The Balaban J connectivity index is 1.96. The van der Waals surface area contributed by atoms with E-state index < -0.39 is 30.4 Å². The van der Waals surface area contributed by atoms with Crippen molar-refractivity contribution in [3.05, 3.63) is 29.8 Å². The predicted molar refractivity (Wildman–Crippen MR) is 87.9 cm³/mol. The predicted octanol–water partition coefficient (Wildman–Crippen LogP) is 0.505. The van der Waals surface area contributed by atoms with Gasteiger partial charge in [0.2, 0.25) is 5.91 Å². The van der Waals surface area contributed by atoms with Gasteiger partial charge in [0.1, 0.15) is 0 Å². The number of nitrogens with one attached hydrogen (secondary N) is 1. The lowest BCUT2D eigenvalue weighted by Crippen LogP contribution is -2.40. The van der Waals surface area contributed by atoms with Gasteiger partial charge in [0.25, 0.3) is 5.91 Å². The first-order chi connectivity index (χ1) is 11.9. The van der Waals surface area contributed by atoms with Gasteiger partial charge in [0, 0.05) is 20.0 Å². The number of likely N-dealkylation sites (N-methyl/N-ethyl adjacent to an activating group) is 1. The number of rotatable bonds is 5. The highest BCUT2D eigenvalue weighted by Gasteiger charge is 2.27. The topological polar surface area (TPSA) is 102 Å². The third kappa shape index (κ3) is 4.56. The monoisotopic (exact) mass is 348 g/mol. The molecule has 2 amide bonds. The van der Waals surface area contributed by atoms with Gasteiger partial charge in [-0.3, -0.25) is 14.4 Å². The summed E-state index contributed by atoms with van der Waals surface area (Å²) in [5, 5.41) is 2.59. The fourth-order valence-corrected chi connectivity index (χ4v) is 2.46. The van der Waals surface area contributed by atoms with E-state index in [1.807, 2.05) is 0 Å². The molecule has 1 saturated heterocycles. The van der Waals surface area contributed by atoms with E-state index >= 15 is 0 Å². The molecule has 1 aromatic rings. The quantitative estimate of drug-likeness (QED) is 0.778. The molecule has 0 spiro atoms. The number of nitrogens with zero attached hydrogens (tertiary/aromatic N) is 1. The number of amides is 2. The van der Waals surface area contributed by atoms with Gasteiger partial charge in [0.05, 0.1) is 24.3 Å². The Morgan fingerprint density at radius 1 is 1.28 bits per heavy atom. The molecule has 0 aromatic heterocycles. The normalized spacial score (nSPS) is 16.6. The molecular weight excluding hydrogens is 328 g/mol. The highest BCUT2D eigenvalue weighted by atomic mass is 16.5. The average Bonchev–Trinajstić information content (AvgIpc) is 2.65. The number of para-hydroxylation sites is 1. The van der Waals surface area contributed by atoms with Crippen LogP contribution in [-0.4, -0.2) is 51.1 Å². The third-order valence-corrected chi connectivity index (χ3v) is 3.98.